The number of rotatable bonds is 4. The van der Waals surface area contributed by atoms with Gasteiger partial charge in [-0.15, -0.1) is 0 Å². The van der Waals surface area contributed by atoms with E-state index in [1.165, 1.54) is 5.56 Å². The van der Waals surface area contributed by atoms with Crippen molar-refractivity contribution in [3.63, 3.8) is 0 Å². The minimum absolute atomic E-state index is 0.0675. The zero-order valence-corrected chi connectivity index (χ0v) is 12.4. The van der Waals surface area contributed by atoms with Crippen LogP contribution in [0.15, 0.2) is 35.3 Å². The molecule has 0 saturated carbocycles. The normalized spacial score (nSPS) is 16.2. The van der Waals surface area contributed by atoms with E-state index in [1.54, 1.807) is 10.8 Å². The van der Waals surface area contributed by atoms with Crippen LogP contribution < -0.4 is 11.0 Å². The Bertz CT molecular complexity index is 652. The highest BCUT2D eigenvalue weighted by atomic mass is 16.1. The average Bonchev–Trinajstić information content (AvgIpc) is 2.85. The lowest BCUT2D eigenvalue weighted by molar-refractivity contribution is 0.244. The quantitative estimate of drug-likeness (QED) is 0.879. The SMILES string of the molecule is Cc1c[nH]c(=O)n1-c1ccccc1CCN1CCNCC1. The molecule has 3 rings (SSSR count). The molecule has 0 bridgehead atoms. The molecule has 1 aromatic heterocycles. The molecule has 1 aliphatic heterocycles. The molecule has 2 N–H and O–H groups in total. The summed E-state index contributed by atoms with van der Waals surface area (Å²) in [5, 5.41) is 3.37. The Morgan fingerprint density at radius 1 is 1.19 bits per heavy atom. The van der Waals surface area contributed by atoms with Crippen molar-refractivity contribution < 1.29 is 0 Å². The van der Waals surface area contributed by atoms with Gasteiger partial charge in [0.2, 0.25) is 0 Å². The smallest absolute Gasteiger partial charge is 0.314 e. The summed E-state index contributed by atoms with van der Waals surface area (Å²) in [7, 11) is 0. The van der Waals surface area contributed by atoms with Crippen LogP contribution in [0.4, 0.5) is 0 Å². The predicted octanol–water partition coefficient (Wildman–Crippen LogP) is 0.922. The number of imidazole rings is 1. The van der Waals surface area contributed by atoms with Crippen molar-refractivity contribution in [1.29, 1.82) is 0 Å². The fourth-order valence-electron chi connectivity index (χ4n) is 2.91. The van der Waals surface area contributed by atoms with Crippen LogP contribution in [-0.4, -0.2) is 47.2 Å². The molecule has 0 unspecified atom stereocenters. The van der Waals surface area contributed by atoms with Crippen molar-refractivity contribution in [2.45, 2.75) is 13.3 Å². The Morgan fingerprint density at radius 3 is 2.67 bits per heavy atom. The first-order valence-corrected chi connectivity index (χ1v) is 7.54. The second-order valence-electron chi connectivity index (χ2n) is 5.54. The Kier molecular flexibility index (Phi) is 4.22. The van der Waals surface area contributed by atoms with Crippen molar-refractivity contribution in [2.75, 3.05) is 32.7 Å². The van der Waals surface area contributed by atoms with Gasteiger partial charge in [0.05, 0.1) is 5.69 Å². The highest BCUT2D eigenvalue weighted by Gasteiger charge is 2.12. The number of aryl methyl sites for hydroxylation is 1. The van der Waals surface area contributed by atoms with Gasteiger partial charge in [0.25, 0.3) is 0 Å². The molecule has 0 aliphatic carbocycles. The lowest BCUT2D eigenvalue weighted by Gasteiger charge is -2.27. The number of hydrogen-bond donors (Lipinski definition) is 2. The standard InChI is InChI=1S/C16H22N4O/c1-13-12-18-16(21)20(13)15-5-3-2-4-14(15)6-9-19-10-7-17-8-11-19/h2-5,12,17H,6-11H2,1H3,(H,18,21). The summed E-state index contributed by atoms with van der Waals surface area (Å²) in [6.45, 7) is 7.33. The predicted molar refractivity (Wildman–Crippen MR) is 84.1 cm³/mol. The van der Waals surface area contributed by atoms with Gasteiger partial charge < -0.3 is 15.2 Å². The summed E-state index contributed by atoms with van der Waals surface area (Å²) in [4.78, 5) is 17.2. The lowest BCUT2D eigenvalue weighted by Crippen LogP contribution is -2.44. The lowest BCUT2D eigenvalue weighted by atomic mass is 10.1. The Hall–Kier alpha value is -1.85. The zero-order chi connectivity index (χ0) is 14.7. The van der Waals surface area contributed by atoms with E-state index in [9.17, 15) is 4.79 Å². The monoisotopic (exact) mass is 286 g/mol. The van der Waals surface area contributed by atoms with Crippen LogP contribution in [-0.2, 0) is 6.42 Å². The number of hydrogen-bond acceptors (Lipinski definition) is 3. The van der Waals surface area contributed by atoms with Crippen LogP contribution in [0.1, 0.15) is 11.3 Å². The molecule has 1 saturated heterocycles. The molecule has 2 aromatic rings. The molecule has 1 aromatic carbocycles. The van der Waals surface area contributed by atoms with Gasteiger partial charge in [-0.3, -0.25) is 4.57 Å². The molecule has 2 heterocycles. The fourth-order valence-corrected chi connectivity index (χ4v) is 2.91. The van der Waals surface area contributed by atoms with Gasteiger partial charge in [-0.2, -0.15) is 0 Å². The number of H-pyrrole nitrogens is 1. The van der Waals surface area contributed by atoms with Crippen LogP contribution >= 0.6 is 0 Å². The van der Waals surface area contributed by atoms with E-state index >= 15 is 0 Å². The second-order valence-corrected chi connectivity index (χ2v) is 5.54. The zero-order valence-electron chi connectivity index (χ0n) is 12.4. The molecule has 0 radical (unpaired) electrons. The van der Waals surface area contributed by atoms with Crippen molar-refractivity contribution in [3.05, 3.63) is 52.2 Å². The third-order valence-electron chi connectivity index (χ3n) is 4.10. The molecular formula is C16H22N4O. The third kappa shape index (κ3) is 3.09. The molecule has 21 heavy (non-hydrogen) atoms. The number of para-hydroxylation sites is 1. The highest BCUT2D eigenvalue weighted by molar-refractivity contribution is 5.42. The minimum Gasteiger partial charge on any atom is -0.314 e. The van der Waals surface area contributed by atoms with Gasteiger partial charge in [-0.1, -0.05) is 18.2 Å². The number of aromatic nitrogens is 2. The Morgan fingerprint density at radius 2 is 1.95 bits per heavy atom. The van der Waals surface area contributed by atoms with Gasteiger partial charge in [0.15, 0.2) is 0 Å². The van der Waals surface area contributed by atoms with E-state index < -0.39 is 0 Å². The topological polar surface area (TPSA) is 53.1 Å². The molecule has 0 amide bonds. The first kappa shape index (κ1) is 14.1. The summed E-state index contributed by atoms with van der Waals surface area (Å²) < 4.78 is 1.76. The van der Waals surface area contributed by atoms with E-state index in [4.69, 9.17) is 0 Å². The summed E-state index contributed by atoms with van der Waals surface area (Å²) in [6.07, 6.45) is 2.72. The molecule has 5 heteroatoms. The second kappa shape index (κ2) is 6.28. The summed E-state index contributed by atoms with van der Waals surface area (Å²) in [6, 6.07) is 8.18. The van der Waals surface area contributed by atoms with Crippen molar-refractivity contribution in [3.8, 4) is 5.69 Å². The molecular weight excluding hydrogens is 264 g/mol. The molecule has 5 nitrogen and oxygen atoms in total. The van der Waals surface area contributed by atoms with Crippen LogP contribution in [0.3, 0.4) is 0 Å². The van der Waals surface area contributed by atoms with Gasteiger partial charge >= 0.3 is 5.69 Å². The van der Waals surface area contributed by atoms with Gasteiger partial charge in [-0.25, -0.2) is 4.79 Å². The number of benzene rings is 1. The fraction of sp³-hybridized carbons (Fsp3) is 0.438. The Balaban J connectivity index is 1.81. The summed E-state index contributed by atoms with van der Waals surface area (Å²) in [5.41, 5.74) is 3.09. The van der Waals surface area contributed by atoms with E-state index in [0.717, 1.165) is 50.5 Å². The van der Waals surface area contributed by atoms with E-state index in [0.29, 0.717) is 0 Å². The number of nitrogens with zero attached hydrogens (tertiary/aromatic N) is 2. The first-order chi connectivity index (χ1) is 10.3. The van der Waals surface area contributed by atoms with E-state index in [1.807, 2.05) is 25.1 Å². The van der Waals surface area contributed by atoms with Crippen LogP contribution in [0.5, 0.6) is 0 Å². The van der Waals surface area contributed by atoms with Crippen LogP contribution in [0, 0.1) is 6.92 Å². The van der Waals surface area contributed by atoms with Gasteiger partial charge in [-0.05, 0) is 25.0 Å². The van der Waals surface area contributed by atoms with Gasteiger partial charge in [0.1, 0.15) is 0 Å². The van der Waals surface area contributed by atoms with E-state index in [2.05, 4.69) is 21.3 Å². The van der Waals surface area contributed by atoms with E-state index in [-0.39, 0.29) is 5.69 Å². The van der Waals surface area contributed by atoms with Crippen molar-refractivity contribution >= 4 is 0 Å². The van der Waals surface area contributed by atoms with Crippen molar-refractivity contribution in [2.24, 2.45) is 0 Å². The van der Waals surface area contributed by atoms with Gasteiger partial charge in [0, 0.05) is 44.6 Å². The average molecular weight is 286 g/mol. The van der Waals surface area contributed by atoms with Crippen molar-refractivity contribution in [1.82, 2.24) is 19.8 Å². The number of nitrogens with one attached hydrogen (secondary N) is 2. The largest absolute Gasteiger partial charge is 0.330 e. The maximum absolute atomic E-state index is 12.0. The maximum Gasteiger partial charge on any atom is 0.330 e. The summed E-state index contributed by atoms with van der Waals surface area (Å²) >= 11 is 0. The molecule has 0 spiro atoms. The Labute approximate surface area is 124 Å². The first-order valence-electron chi connectivity index (χ1n) is 7.54. The summed E-state index contributed by atoms with van der Waals surface area (Å²) in [5.74, 6) is 0. The third-order valence-corrected chi connectivity index (χ3v) is 4.10. The molecule has 1 fully saturated rings. The molecule has 0 atom stereocenters. The molecule has 1 aliphatic rings. The maximum atomic E-state index is 12.0. The highest BCUT2D eigenvalue weighted by Crippen LogP contribution is 2.15. The minimum atomic E-state index is -0.0675. The van der Waals surface area contributed by atoms with Crippen LogP contribution in [0.25, 0.3) is 5.69 Å². The number of aromatic amines is 1. The number of piperazine rings is 1. The van der Waals surface area contributed by atoms with Crippen LogP contribution in [0.2, 0.25) is 0 Å². The molecule has 112 valence electrons.